The van der Waals surface area contributed by atoms with Gasteiger partial charge in [0.1, 0.15) is 6.61 Å². The number of cyclic esters (lactones) is 1. The van der Waals surface area contributed by atoms with Gasteiger partial charge in [0.2, 0.25) is 5.91 Å². The molecule has 180 valence electrons. The lowest BCUT2D eigenvalue weighted by Crippen LogP contribution is -2.52. The molecule has 1 N–H and O–H groups in total. The summed E-state index contributed by atoms with van der Waals surface area (Å²) in [5.74, 6) is -0.254. The predicted octanol–water partition coefficient (Wildman–Crippen LogP) is 2.76. The first kappa shape index (κ1) is 24.9. The van der Waals surface area contributed by atoms with Crippen LogP contribution in [-0.2, 0) is 19.1 Å². The molecule has 10 heteroatoms. The molecule has 0 spiro atoms. The van der Waals surface area contributed by atoms with Crippen molar-refractivity contribution in [2.24, 2.45) is 0 Å². The zero-order valence-electron chi connectivity index (χ0n) is 19.2. The molecule has 2 saturated heterocycles. The predicted molar refractivity (Wildman–Crippen MR) is 125 cm³/mol. The summed E-state index contributed by atoms with van der Waals surface area (Å²) in [7, 11) is 0. The maximum atomic E-state index is 12.9. The number of benzene rings is 1. The Bertz CT molecular complexity index is 867. The summed E-state index contributed by atoms with van der Waals surface area (Å²) in [4.78, 5) is 52.5. The SMILES string of the molecule is CCOC(=O)[C@@H]1COC(=O)N1C1CCN(C(=O)c2ccc(NC(=O)CSC(C)C)cc2)CC1. The number of rotatable bonds is 8. The van der Waals surface area contributed by atoms with Gasteiger partial charge < -0.3 is 19.7 Å². The highest BCUT2D eigenvalue weighted by Gasteiger charge is 2.44. The van der Waals surface area contributed by atoms with Crippen molar-refractivity contribution in [3.05, 3.63) is 29.8 Å². The summed E-state index contributed by atoms with van der Waals surface area (Å²) in [6.45, 7) is 6.96. The number of carbonyl (C=O) groups excluding carboxylic acids is 4. The minimum absolute atomic E-state index is 0.00411. The number of likely N-dealkylation sites (tertiary alicyclic amines) is 1. The van der Waals surface area contributed by atoms with E-state index < -0.39 is 18.1 Å². The fourth-order valence-electron chi connectivity index (χ4n) is 3.92. The molecule has 9 nitrogen and oxygen atoms in total. The normalized spacial score (nSPS) is 18.9. The Balaban J connectivity index is 1.53. The third-order valence-electron chi connectivity index (χ3n) is 5.58. The molecule has 2 aliphatic rings. The van der Waals surface area contributed by atoms with Crippen LogP contribution in [0.4, 0.5) is 10.5 Å². The molecule has 2 fully saturated rings. The van der Waals surface area contributed by atoms with Crippen LogP contribution in [0.25, 0.3) is 0 Å². The van der Waals surface area contributed by atoms with Crippen LogP contribution in [0.3, 0.4) is 0 Å². The van der Waals surface area contributed by atoms with Gasteiger partial charge in [-0.3, -0.25) is 14.5 Å². The number of nitrogens with zero attached hydrogens (tertiary/aromatic N) is 2. The highest BCUT2D eigenvalue weighted by atomic mass is 32.2. The molecule has 33 heavy (non-hydrogen) atoms. The number of thioether (sulfide) groups is 1. The molecule has 0 bridgehead atoms. The van der Waals surface area contributed by atoms with E-state index in [-0.39, 0.29) is 31.1 Å². The zero-order chi connectivity index (χ0) is 24.0. The summed E-state index contributed by atoms with van der Waals surface area (Å²) >= 11 is 1.57. The van der Waals surface area contributed by atoms with E-state index in [1.165, 1.54) is 4.90 Å². The number of nitrogens with one attached hydrogen (secondary N) is 1. The van der Waals surface area contributed by atoms with Crippen molar-refractivity contribution in [1.82, 2.24) is 9.80 Å². The Morgan fingerprint density at radius 3 is 2.45 bits per heavy atom. The van der Waals surface area contributed by atoms with Gasteiger partial charge in [-0.25, -0.2) is 9.59 Å². The summed E-state index contributed by atoms with van der Waals surface area (Å²) in [6, 6.07) is 5.94. The van der Waals surface area contributed by atoms with Crippen molar-refractivity contribution in [3.63, 3.8) is 0 Å². The van der Waals surface area contributed by atoms with Gasteiger partial charge in [0.05, 0.1) is 12.4 Å². The molecule has 0 aliphatic carbocycles. The molecule has 0 aromatic heterocycles. The van der Waals surface area contributed by atoms with E-state index >= 15 is 0 Å². The lowest BCUT2D eigenvalue weighted by Gasteiger charge is -2.37. The fourth-order valence-corrected chi connectivity index (χ4v) is 4.48. The minimum atomic E-state index is -0.730. The summed E-state index contributed by atoms with van der Waals surface area (Å²) in [5, 5.41) is 3.22. The lowest BCUT2D eigenvalue weighted by atomic mass is 10.0. The van der Waals surface area contributed by atoms with Crippen LogP contribution in [0.15, 0.2) is 24.3 Å². The highest BCUT2D eigenvalue weighted by Crippen LogP contribution is 2.25. The Kier molecular flexibility index (Phi) is 8.60. The van der Waals surface area contributed by atoms with Gasteiger partial charge in [-0.15, -0.1) is 11.8 Å². The molecule has 0 unspecified atom stereocenters. The molecular formula is C23H31N3O6S. The summed E-state index contributed by atoms with van der Waals surface area (Å²) in [6.07, 6.45) is 0.596. The highest BCUT2D eigenvalue weighted by molar-refractivity contribution is 8.00. The van der Waals surface area contributed by atoms with Crippen molar-refractivity contribution in [3.8, 4) is 0 Å². The maximum Gasteiger partial charge on any atom is 0.410 e. The molecule has 1 aromatic carbocycles. The standard InChI is InChI=1S/C23H31N3O6S/c1-4-31-22(29)19-13-32-23(30)26(19)18-9-11-25(12-10-18)21(28)16-5-7-17(8-6-16)24-20(27)14-33-15(2)3/h5-8,15,18-19H,4,9-14H2,1-3H3,(H,24,27)/t19-/m0/s1. The van der Waals surface area contributed by atoms with Crippen LogP contribution in [0.5, 0.6) is 0 Å². The second-order valence-corrected chi connectivity index (χ2v) is 9.83. The van der Waals surface area contributed by atoms with E-state index in [4.69, 9.17) is 9.47 Å². The van der Waals surface area contributed by atoms with Gasteiger partial charge in [0.15, 0.2) is 6.04 Å². The van der Waals surface area contributed by atoms with Gasteiger partial charge in [0.25, 0.3) is 5.91 Å². The van der Waals surface area contributed by atoms with E-state index in [1.807, 2.05) is 13.8 Å². The second kappa shape index (κ2) is 11.4. The number of anilines is 1. The molecular weight excluding hydrogens is 446 g/mol. The van der Waals surface area contributed by atoms with Gasteiger partial charge in [-0.05, 0) is 49.3 Å². The summed E-state index contributed by atoms with van der Waals surface area (Å²) < 4.78 is 10.1. The molecule has 3 rings (SSSR count). The minimum Gasteiger partial charge on any atom is -0.464 e. The number of hydrogen-bond acceptors (Lipinski definition) is 7. The number of ether oxygens (including phenoxy) is 2. The van der Waals surface area contributed by atoms with Crippen LogP contribution >= 0.6 is 11.8 Å². The first-order chi connectivity index (χ1) is 15.8. The number of amides is 3. The molecule has 0 saturated carbocycles. The molecule has 2 aliphatic heterocycles. The second-order valence-electron chi connectivity index (χ2n) is 8.26. The molecule has 2 heterocycles. The molecule has 1 atom stereocenters. The van der Waals surface area contributed by atoms with Crippen molar-refractivity contribution >= 4 is 41.3 Å². The zero-order valence-corrected chi connectivity index (χ0v) is 20.1. The molecule has 1 aromatic rings. The van der Waals surface area contributed by atoms with Crippen molar-refractivity contribution in [2.75, 3.05) is 37.4 Å². The van der Waals surface area contributed by atoms with E-state index in [9.17, 15) is 19.2 Å². The largest absolute Gasteiger partial charge is 0.464 e. The number of carbonyl (C=O) groups is 4. The van der Waals surface area contributed by atoms with Crippen molar-refractivity contribution in [2.45, 2.75) is 50.9 Å². The number of hydrogen-bond donors (Lipinski definition) is 1. The van der Waals surface area contributed by atoms with Crippen LogP contribution < -0.4 is 5.32 Å². The first-order valence-electron chi connectivity index (χ1n) is 11.2. The fraction of sp³-hybridized carbons (Fsp3) is 0.565. The number of piperidine rings is 1. The van der Waals surface area contributed by atoms with Crippen molar-refractivity contribution in [1.29, 1.82) is 0 Å². The van der Waals surface area contributed by atoms with Crippen molar-refractivity contribution < 1.29 is 28.7 Å². The topological polar surface area (TPSA) is 105 Å². The first-order valence-corrected chi connectivity index (χ1v) is 12.3. The van der Waals surface area contributed by atoms with Crippen LogP contribution in [-0.4, -0.2) is 83.1 Å². The van der Waals surface area contributed by atoms with Gasteiger partial charge in [-0.1, -0.05) is 13.8 Å². The maximum absolute atomic E-state index is 12.9. The smallest absolute Gasteiger partial charge is 0.410 e. The number of esters is 1. The van der Waals surface area contributed by atoms with E-state index in [0.29, 0.717) is 48.2 Å². The summed E-state index contributed by atoms with van der Waals surface area (Å²) in [5.41, 5.74) is 1.19. The van der Waals surface area contributed by atoms with Gasteiger partial charge in [0, 0.05) is 30.4 Å². The van der Waals surface area contributed by atoms with E-state index in [0.717, 1.165) is 0 Å². The van der Waals surface area contributed by atoms with E-state index in [2.05, 4.69) is 5.32 Å². The Morgan fingerprint density at radius 2 is 1.85 bits per heavy atom. The Hall–Kier alpha value is -2.75. The lowest BCUT2D eigenvalue weighted by molar-refractivity contribution is -0.148. The quantitative estimate of drug-likeness (QED) is 0.574. The third kappa shape index (κ3) is 6.40. The van der Waals surface area contributed by atoms with Gasteiger partial charge >= 0.3 is 12.1 Å². The third-order valence-corrected chi connectivity index (χ3v) is 6.67. The average Bonchev–Trinajstić information content (AvgIpc) is 3.19. The van der Waals surface area contributed by atoms with Gasteiger partial charge in [-0.2, -0.15) is 0 Å². The molecule has 0 radical (unpaired) electrons. The monoisotopic (exact) mass is 477 g/mol. The average molecular weight is 478 g/mol. The van der Waals surface area contributed by atoms with E-state index in [1.54, 1.807) is 47.9 Å². The van der Waals surface area contributed by atoms with Crippen LogP contribution in [0.1, 0.15) is 44.0 Å². The molecule has 3 amide bonds. The Labute approximate surface area is 198 Å². The van der Waals surface area contributed by atoms with Crippen LogP contribution in [0.2, 0.25) is 0 Å². The Morgan fingerprint density at radius 1 is 1.18 bits per heavy atom. The van der Waals surface area contributed by atoms with Crippen LogP contribution in [0, 0.1) is 0 Å².